The molecule has 1 amide bonds. The molecule has 8 nitrogen and oxygen atoms in total. The number of sulfone groups is 1. The zero-order valence-corrected chi connectivity index (χ0v) is 20.1. The van der Waals surface area contributed by atoms with Crippen LogP contribution in [0.15, 0.2) is 51.6 Å². The second-order valence-electron chi connectivity index (χ2n) is 7.28. The molecular weight excluding hydrogens is 466 g/mol. The fraction of sp³-hybridized carbons (Fsp3) is 0.261. The molecule has 174 valence electrons. The van der Waals surface area contributed by atoms with Gasteiger partial charge in [0.2, 0.25) is 21.5 Å². The topological polar surface area (TPSA) is 100 Å². The fourth-order valence-corrected chi connectivity index (χ4v) is 6.76. The molecule has 2 heterocycles. The number of fused-ring (bicyclic) bond motifs is 1. The lowest BCUT2D eigenvalue weighted by Crippen LogP contribution is -2.23. The van der Waals surface area contributed by atoms with Crippen LogP contribution in [0.3, 0.4) is 0 Å². The van der Waals surface area contributed by atoms with Crippen LogP contribution in [0.25, 0.3) is 0 Å². The smallest absolute Gasteiger partial charge is 0.225 e. The van der Waals surface area contributed by atoms with Gasteiger partial charge in [0.15, 0.2) is 11.5 Å². The Kier molecular flexibility index (Phi) is 6.22. The molecule has 0 spiro atoms. The highest BCUT2D eigenvalue weighted by atomic mass is 32.2. The van der Waals surface area contributed by atoms with Gasteiger partial charge in [-0.1, -0.05) is 0 Å². The molecule has 10 heteroatoms. The Morgan fingerprint density at radius 3 is 2.12 bits per heavy atom. The molecule has 0 saturated carbocycles. The molecule has 0 bridgehead atoms. The van der Waals surface area contributed by atoms with Gasteiger partial charge in [-0.05, 0) is 42.0 Å². The third-order valence-electron chi connectivity index (χ3n) is 5.50. The minimum atomic E-state index is -3.86. The minimum Gasteiger partial charge on any atom is -0.497 e. The van der Waals surface area contributed by atoms with Crippen molar-refractivity contribution in [3.05, 3.63) is 52.2 Å². The Balaban J connectivity index is 1.82. The molecule has 2 aromatic carbocycles. The molecule has 0 saturated heterocycles. The highest BCUT2D eigenvalue weighted by Gasteiger charge is 2.35. The second-order valence-corrected chi connectivity index (χ2v) is 10.1. The molecule has 0 fully saturated rings. The minimum absolute atomic E-state index is 0.0677. The van der Waals surface area contributed by atoms with Crippen molar-refractivity contribution in [2.75, 3.05) is 33.8 Å². The van der Waals surface area contributed by atoms with Gasteiger partial charge in [-0.3, -0.25) is 4.79 Å². The standard InChI is InChI=1S/C23H23NO7S2/c1-28-14-5-7-15(8-6-14)33(26,27)19-12-32-23-16(11-20(25)24-21(19)23)13-9-17(29-2)22(31-4)18(10-13)30-3/h5-10,12,16H,11H2,1-4H3,(H,24,25)/t16-/m0/s1. The zero-order chi connectivity index (χ0) is 23.8. The first-order chi connectivity index (χ1) is 15.8. The Hall–Kier alpha value is -3.24. The van der Waals surface area contributed by atoms with Crippen LogP contribution in [0.2, 0.25) is 0 Å². The van der Waals surface area contributed by atoms with Crippen molar-refractivity contribution in [3.8, 4) is 23.0 Å². The third-order valence-corrected chi connectivity index (χ3v) is 8.54. The predicted molar refractivity (Wildman–Crippen MR) is 124 cm³/mol. The number of nitrogens with one attached hydrogen (secondary N) is 1. The number of methoxy groups -OCH3 is 4. The van der Waals surface area contributed by atoms with Crippen LogP contribution in [0.1, 0.15) is 22.8 Å². The van der Waals surface area contributed by atoms with Crippen molar-refractivity contribution in [3.63, 3.8) is 0 Å². The molecule has 0 radical (unpaired) electrons. The van der Waals surface area contributed by atoms with Crippen LogP contribution in [0, 0.1) is 0 Å². The number of anilines is 1. The van der Waals surface area contributed by atoms with Crippen molar-refractivity contribution in [2.45, 2.75) is 22.1 Å². The Morgan fingerprint density at radius 2 is 1.58 bits per heavy atom. The highest BCUT2D eigenvalue weighted by Crippen LogP contribution is 2.48. The normalized spacial score (nSPS) is 15.4. The maximum absolute atomic E-state index is 13.4. The van der Waals surface area contributed by atoms with Gasteiger partial charge in [0.05, 0.1) is 39.0 Å². The number of amides is 1. The van der Waals surface area contributed by atoms with Crippen LogP contribution < -0.4 is 24.3 Å². The summed E-state index contributed by atoms with van der Waals surface area (Å²) in [5, 5.41) is 4.34. The first-order valence-corrected chi connectivity index (χ1v) is 12.3. The third kappa shape index (κ3) is 4.00. The number of benzene rings is 2. The molecular formula is C23H23NO7S2. The van der Waals surface area contributed by atoms with Gasteiger partial charge in [0.1, 0.15) is 10.6 Å². The molecule has 3 aromatic rings. The lowest BCUT2D eigenvalue weighted by molar-refractivity contribution is -0.116. The summed E-state index contributed by atoms with van der Waals surface area (Å²) in [7, 11) is 2.21. The van der Waals surface area contributed by atoms with Gasteiger partial charge in [0.25, 0.3) is 0 Å². The zero-order valence-electron chi connectivity index (χ0n) is 18.5. The van der Waals surface area contributed by atoms with E-state index in [2.05, 4.69) is 5.32 Å². The van der Waals surface area contributed by atoms with Gasteiger partial charge >= 0.3 is 0 Å². The van der Waals surface area contributed by atoms with Gasteiger partial charge in [0, 0.05) is 22.6 Å². The van der Waals surface area contributed by atoms with E-state index >= 15 is 0 Å². The fourth-order valence-electron chi connectivity index (χ4n) is 3.86. The van der Waals surface area contributed by atoms with Crippen LogP contribution in [0.4, 0.5) is 5.69 Å². The lowest BCUT2D eigenvalue weighted by atomic mass is 9.90. The monoisotopic (exact) mass is 489 g/mol. The second kappa shape index (κ2) is 8.95. The van der Waals surface area contributed by atoms with Crippen molar-refractivity contribution in [2.24, 2.45) is 0 Å². The van der Waals surface area contributed by atoms with Crippen LogP contribution in [-0.2, 0) is 14.6 Å². The molecule has 33 heavy (non-hydrogen) atoms. The summed E-state index contributed by atoms with van der Waals surface area (Å²) in [6.07, 6.45) is 0.161. The summed E-state index contributed by atoms with van der Waals surface area (Å²) in [5.74, 6) is 1.28. The molecule has 1 aliphatic rings. The van der Waals surface area contributed by atoms with Crippen molar-refractivity contribution in [1.82, 2.24) is 0 Å². The summed E-state index contributed by atoms with van der Waals surface area (Å²) in [6, 6.07) is 9.71. The van der Waals surface area contributed by atoms with E-state index in [4.69, 9.17) is 18.9 Å². The predicted octanol–water partition coefficient (Wildman–Crippen LogP) is 4.09. The Labute approximate surface area is 196 Å². The van der Waals surface area contributed by atoms with Crippen molar-refractivity contribution >= 4 is 32.8 Å². The number of rotatable bonds is 7. The van der Waals surface area contributed by atoms with Gasteiger partial charge in [-0.2, -0.15) is 0 Å². The first-order valence-electron chi connectivity index (χ1n) is 9.94. The molecule has 1 aliphatic heterocycles. The highest BCUT2D eigenvalue weighted by molar-refractivity contribution is 7.91. The number of hydrogen-bond donors (Lipinski definition) is 1. The van der Waals surface area contributed by atoms with E-state index in [1.54, 1.807) is 29.6 Å². The average molecular weight is 490 g/mol. The van der Waals surface area contributed by atoms with Crippen LogP contribution >= 0.6 is 11.3 Å². The summed E-state index contributed by atoms with van der Waals surface area (Å²) < 4.78 is 48.1. The van der Waals surface area contributed by atoms with Crippen LogP contribution in [-0.4, -0.2) is 42.8 Å². The summed E-state index contributed by atoms with van der Waals surface area (Å²) >= 11 is 1.29. The number of thiophene rings is 1. The average Bonchev–Trinajstić information content (AvgIpc) is 3.27. The van der Waals surface area contributed by atoms with Gasteiger partial charge in [-0.15, -0.1) is 11.3 Å². The number of hydrogen-bond acceptors (Lipinski definition) is 8. The maximum Gasteiger partial charge on any atom is 0.225 e. The quantitative estimate of drug-likeness (QED) is 0.534. The summed E-state index contributed by atoms with van der Waals surface area (Å²) in [4.78, 5) is 13.6. The number of carbonyl (C=O) groups excluding carboxylic acids is 1. The van der Waals surface area contributed by atoms with E-state index in [0.29, 0.717) is 28.7 Å². The number of ether oxygens (including phenoxy) is 4. The summed E-state index contributed by atoms with van der Waals surface area (Å²) in [6.45, 7) is 0. The van der Waals surface area contributed by atoms with Crippen LogP contribution in [0.5, 0.6) is 23.0 Å². The van der Waals surface area contributed by atoms with E-state index in [1.165, 1.54) is 51.9 Å². The number of carbonyl (C=O) groups is 1. The lowest BCUT2D eigenvalue weighted by Gasteiger charge is -2.25. The molecule has 1 atom stereocenters. The molecule has 0 unspecified atom stereocenters. The largest absolute Gasteiger partial charge is 0.497 e. The van der Waals surface area contributed by atoms with Gasteiger partial charge < -0.3 is 24.3 Å². The Morgan fingerprint density at radius 1 is 0.939 bits per heavy atom. The first kappa shape index (κ1) is 22.9. The Bertz CT molecular complexity index is 1270. The molecule has 4 rings (SSSR count). The van der Waals surface area contributed by atoms with Gasteiger partial charge in [-0.25, -0.2) is 8.42 Å². The van der Waals surface area contributed by atoms with E-state index in [0.717, 1.165) is 10.4 Å². The van der Waals surface area contributed by atoms with Crippen molar-refractivity contribution < 1.29 is 32.2 Å². The SMILES string of the molecule is COc1ccc(S(=O)(=O)c2csc3c2NC(=O)C[C@H]3c2cc(OC)c(OC)c(OC)c2)cc1. The molecule has 1 aromatic heterocycles. The maximum atomic E-state index is 13.4. The molecule has 0 aliphatic carbocycles. The van der Waals surface area contributed by atoms with Crippen molar-refractivity contribution in [1.29, 1.82) is 0 Å². The van der Waals surface area contributed by atoms with E-state index in [1.807, 2.05) is 0 Å². The molecule has 1 N–H and O–H groups in total. The summed E-state index contributed by atoms with van der Waals surface area (Å²) in [5.41, 5.74) is 1.07. The van der Waals surface area contributed by atoms with E-state index in [-0.39, 0.29) is 28.0 Å². The van der Waals surface area contributed by atoms with E-state index < -0.39 is 9.84 Å². The van der Waals surface area contributed by atoms with E-state index in [9.17, 15) is 13.2 Å².